The standard InChI is InChI=1S/C21H19N3O4/c1-28-16-4-2-3-13(10-16)9-14-7-8-24-20(14)23-18-11-15(22-12-19(25)26)5-6-17(18)21(24)27/h2-6,9-11,22H,7-8,12H2,1H3,(H,25,26). The smallest absolute Gasteiger partial charge is 0.322 e. The molecule has 0 bridgehead atoms. The summed E-state index contributed by atoms with van der Waals surface area (Å²) in [6.07, 6.45) is 2.74. The van der Waals surface area contributed by atoms with E-state index in [0.29, 0.717) is 29.0 Å². The van der Waals surface area contributed by atoms with E-state index in [-0.39, 0.29) is 12.1 Å². The topological polar surface area (TPSA) is 93.4 Å². The minimum atomic E-state index is -0.953. The molecule has 1 aromatic heterocycles. The van der Waals surface area contributed by atoms with E-state index in [0.717, 1.165) is 23.3 Å². The second-order valence-corrected chi connectivity index (χ2v) is 6.57. The maximum absolute atomic E-state index is 12.9. The number of fused-ring (bicyclic) bond motifs is 2. The lowest BCUT2D eigenvalue weighted by molar-refractivity contribution is -0.134. The maximum Gasteiger partial charge on any atom is 0.322 e. The molecule has 3 aromatic rings. The maximum atomic E-state index is 12.9. The highest BCUT2D eigenvalue weighted by Crippen LogP contribution is 2.28. The van der Waals surface area contributed by atoms with Crippen molar-refractivity contribution >= 4 is 34.2 Å². The van der Waals surface area contributed by atoms with E-state index >= 15 is 0 Å². The van der Waals surface area contributed by atoms with Crippen LogP contribution in [0, 0.1) is 0 Å². The molecule has 1 aliphatic heterocycles. The fourth-order valence-corrected chi connectivity index (χ4v) is 3.37. The quantitative estimate of drug-likeness (QED) is 0.710. The summed E-state index contributed by atoms with van der Waals surface area (Å²) < 4.78 is 6.96. The Hall–Kier alpha value is -3.61. The molecule has 0 saturated carbocycles. The zero-order chi connectivity index (χ0) is 19.7. The van der Waals surface area contributed by atoms with Gasteiger partial charge in [-0.1, -0.05) is 12.1 Å². The lowest BCUT2D eigenvalue weighted by Gasteiger charge is -2.08. The Morgan fingerprint density at radius 3 is 2.96 bits per heavy atom. The number of methoxy groups -OCH3 is 1. The van der Waals surface area contributed by atoms with Gasteiger partial charge in [0.05, 0.1) is 18.0 Å². The zero-order valence-corrected chi connectivity index (χ0v) is 15.3. The average Bonchev–Trinajstić information content (AvgIpc) is 3.09. The first-order valence-electron chi connectivity index (χ1n) is 8.90. The fraction of sp³-hybridized carbons (Fsp3) is 0.190. The predicted molar refractivity (Wildman–Crippen MR) is 108 cm³/mol. The van der Waals surface area contributed by atoms with E-state index < -0.39 is 5.97 Å². The Morgan fingerprint density at radius 1 is 1.32 bits per heavy atom. The summed E-state index contributed by atoms with van der Waals surface area (Å²) in [5.41, 5.74) is 3.04. The highest BCUT2D eigenvalue weighted by atomic mass is 16.5. The minimum Gasteiger partial charge on any atom is -0.497 e. The van der Waals surface area contributed by atoms with Gasteiger partial charge in [0.2, 0.25) is 0 Å². The Morgan fingerprint density at radius 2 is 2.18 bits per heavy atom. The minimum absolute atomic E-state index is 0.0844. The van der Waals surface area contributed by atoms with Crippen molar-refractivity contribution < 1.29 is 14.6 Å². The van der Waals surface area contributed by atoms with Crippen LogP contribution in [-0.4, -0.2) is 34.3 Å². The van der Waals surface area contributed by atoms with Crippen LogP contribution < -0.4 is 15.6 Å². The van der Waals surface area contributed by atoms with Crippen LogP contribution in [0.25, 0.3) is 22.6 Å². The number of aromatic nitrogens is 2. The van der Waals surface area contributed by atoms with E-state index in [1.54, 1.807) is 29.9 Å². The van der Waals surface area contributed by atoms with Gasteiger partial charge in [0, 0.05) is 12.2 Å². The molecule has 0 amide bonds. The molecule has 2 N–H and O–H groups in total. The molecule has 0 spiro atoms. The van der Waals surface area contributed by atoms with Gasteiger partial charge in [-0.05, 0) is 54.0 Å². The highest BCUT2D eigenvalue weighted by molar-refractivity contribution is 5.86. The third kappa shape index (κ3) is 3.34. The Labute approximate surface area is 160 Å². The monoisotopic (exact) mass is 377 g/mol. The van der Waals surface area contributed by atoms with Crippen LogP contribution in [0.2, 0.25) is 0 Å². The van der Waals surface area contributed by atoms with Crippen molar-refractivity contribution in [3.05, 3.63) is 64.2 Å². The zero-order valence-electron chi connectivity index (χ0n) is 15.3. The summed E-state index contributed by atoms with van der Waals surface area (Å²) in [6.45, 7) is 0.391. The second-order valence-electron chi connectivity index (χ2n) is 6.57. The third-order valence-electron chi connectivity index (χ3n) is 4.73. The van der Waals surface area contributed by atoms with Gasteiger partial charge in [-0.15, -0.1) is 0 Å². The molecule has 1 aliphatic rings. The first-order valence-corrected chi connectivity index (χ1v) is 8.90. The average molecular weight is 377 g/mol. The van der Waals surface area contributed by atoms with Crippen LogP contribution in [0.1, 0.15) is 17.8 Å². The number of carboxylic acid groups (broad SMARTS) is 1. The van der Waals surface area contributed by atoms with Gasteiger partial charge in [0.15, 0.2) is 0 Å². The number of carboxylic acids is 1. The number of nitrogens with one attached hydrogen (secondary N) is 1. The van der Waals surface area contributed by atoms with Crippen molar-refractivity contribution in [1.29, 1.82) is 0 Å². The van der Waals surface area contributed by atoms with Crippen LogP contribution >= 0.6 is 0 Å². The molecule has 0 radical (unpaired) electrons. The van der Waals surface area contributed by atoms with E-state index in [4.69, 9.17) is 14.8 Å². The van der Waals surface area contributed by atoms with Crippen molar-refractivity contribution in [1.82, 2.24) is 9.55 Å². The summed E-state index contributed by atoms with van der Waals surface area (Å²) in [7, 11) is 1.63. The van der Waals surface area contributed by atoms with Crippen LogP contribution in [0.3, 0.4) is 0 Å². The van der Waals surface area contributed by atoms with Gasteiger partial charge in [0.25, 0.3) is 5.56 Å². The number of nitrogens with zero attached hydrogens (tertiary/aromatic N) is 2. The van der Waals surface area contributed by atoms with Crippen molar-refractivity contribution in [2.24, 2.45) is 0 Å². The number of allylic oxidation sites excluding steroid dienone is 1. The Balaban J connectivity index is 1.77. The lowest BCUT2D eigenvalue weighted by Crippen LogP contribution is -2.21. The van der Waals surface area contributed by atoms with Crippen LogP contribution in [0.15, 0.2) is 47.3 Å². The second kappa shape index (κ2) is 7.19. The predicted octanol–water partition coefficient (Wildman–Crippen LogP) is 2.85. The first kappa shape index (κ1) is 17.8. The van der Waals surface area contributed by atoms with Crippen molar-refractivity contribution in [3.63, 3.8) is 0 Å². The van der Waals surface area contributed by atoms with Gasteiger partial charge >= 0.3 is 5.97 Å². The molecule has 0 unspecified atom stereocenters. The lowest BCUT2D eigenvalue weighted by atomic mass is 10.1. The molecule has 0 aliphatic carbocycles. The number of ether oxygens (including phenoxy) is 1. The van der Waals surface area contributed by atoms with Crippen molar-refractivity contribution in [2.45, 2.75) is 13.0 Å². The summed E-state index contributed by atoms with van der Waals surface area (Å²) in [6, 6.07) is 12.8. The Kier molecular flexibility index (Phi) is 4.57. The van der Waals surface area contributed by atoms with Gasteiger partial charge in [-0.3, -0.25) is 14.2 Å². The number of hydrogen-bond acceptors (Lipinski definition) is 5. The molecule has 7 heteroatoms. The van der Waals surface area contributed by atoms with Gasteiger partial charge in [-0.25, -0.2) is 4.98 Å². The number of benzene rings is 2. The van der Waals surface area contributed by atoms with E-state index in [1.807, 2.05) is 30.3 Å². The number of aliphatic carboxylic acids is 1. The van der Waals surface area contributed by atoms with Crippen LogP contribution in [0.4, 0.5) is 5.69 Å². The molecule has 0 saturated heterocycles. The Bertz CT molecular complexity index is 1160. The SMILES string of the molecule is COc1cccc(C=C2CCn3c2nc2cc(NCC(=O)O)ccc2c3=O)c1. The van der Waals surface area contributed by atoms with Crippen molar-refractivity contribution in [2.75, 3.05) is 19.0 Å². The summed E-state index contributed by atoms with van der Waals surface area (Å²) in [5.74, 6) is 0.464. The largest absolute Gasteiger partial charge is 0.497 e. The molecule has 28 heavy (non-hydrogen) atoms. The summed E-state index contributed by atoms with van der Waals surface area (Å²) in [5, 5.41) is 12.2. The van der Waals surface area contributed by atoms with E-state index in [1.165, 1.54) is 0 Å². The molecular weight excluding hydrogens is 358 g/mol. The molecule has 7 nitrogen and oxygen atoms in total. The summed E-state index contributed by atoms with van der Waals surface area (Å²) >= 11 is 0. The molecule has 142 valence electrons. The number of rotatable bonds is 5. The molecule has 2 aromatic carbocycles. The van der Waals surface area contributed by atoms with Crippen LogP contribution in [0.5, 0.6) is 5.75 Å². The molecule has 4 rings (SSSR count). The molecular formula is C21H19N3O4. The van der Waals surface area contributed by atoms with Gasteiger partial charge in [0.1, 0.15) is 18.1 Å². The molecule has 0 atom stereocenters. The van der Waals surface area contributed by atoms with E-state index in [2.05, 4.69) is 5.32 Å². The van der Waals surface area contributed by atoms with Gasteiger partial charge in [-0.2, -0.15) is 0 Å². The first-order chi connectivity index (χ1) is 13.5. The van der Waals surface area contributed by atoms with Gasteiger partial charge < -0.3 is 15.2 Å². The van der Waals surface area contributed by atoms with E-state index in [9.17, 15) is 9.59 Å². The molecule has 0 fully saturated rings. The van der Waals surface area contributed by atoms with Crippen LogP contribution in [-0.2, 0) is 11.3 Å². The molecule has 2 heterocycles. The highest BCUT2D eigenvalue weighted by Gasteiger charge is 2.21. The number of anilines is 1. The third-order valence-corrected chi connectivity index (χ3v) is 4.73. The number of hydrogen-bond donors (Lipinski definition) is 2. The normalized spacial score (nSPS) is 14.2. The fourth-order valence-electron chi connectivity index (χ4n) is 3.37. The number of carbonyl (C=O) groups is 1. The van der Waals surface area contributed by atoms with Crippen molar-refractivity contribution in [3.8, 4) is 5.75 Å². The summed E-state index contributed by atoms with van der Waals surface area (Å²) in [4.78, 5) is 28.3.